The van der Waals surface area contributed by atoms with Crippen LogP contribution in [0.5, 0.6) is 0 Å². The Labute approximate surface area is 128 Å². The summed E-state index contributed by atoms with van der Waals surface area (Å²) in [6, 6.07) is 20.4. The van der Waals surface area contributed by atoms with E-state index in [0.717, 1.165) is 6.54 Å². The van der Waals surface area contributed by atoms with Crippen LogP contribution in [0.1, 0.15) is 54.8 Å². The molecule has 2 atom stereocenters. The monoisotopic (exact) mass is 279 g/mol. The Balaban J connectivity index is 1.94. The Morgan fingerprint density at radius 1 is 1.05 bits per heavy atom. The minimum atomic E-state index is 0.438. The van der Waals surface area contributed by atoms with Gasteiger partial charge in [-0.25, -0.2) is 0 Å². The van der Waals surface area contributed by atoms with Crippen LogP contribution in [-0.2, 0) is 6.42 Å². The van der Waals surface area contributed by atoms with E-state index in [2.05, 4.69) is 66.8 Å². The number of nitrogens with one attached hydrogen (secondary N) is 1. The predicted molar refractivity (Wildman–Crippen MR) is 89.6 cm³/mol. The lowest BCUT2D eigenvalue weighted by atomic mass is 9.76. The zero-order valence-electron chi connectivity index (χ0n) is 12.9. The van der Waals surface area contributed by atoms with Gasteiger partial charge in [-0.2, -0.15) is 0 Å². The molecule has 0 bridgehead atoms. The summed E-state index contributed by atoms with van der Waals surface area (Å²) in [5, 5.41) is 3.80. The molecule has 0 aliphatic heterocycles. The molecule has 110 valence electrons. The van der Waals surface area contributed by atoms with Gasteiger partial charge in [0.05, 0.1) is 0 Å². The van der Waals surface area contributed by atoms with E-state index in [-0.39, 0.29) is 0 Å². The highest BCUT2D eigenvalue weighted by molar-refractivity contribution is 5.36. The Kier molecular flexibility index (Phi) is 4.72. The smallest absolute Gasteiger partial charge is 0.0389 e. The normalized spacial score (nSPS) is 19.0. The fourth-order valence-electron chi connectivity index (χ4n) is 3.59. The fraction of sp³-hybridized carbons (Fsp3) is 0.400. The van der Waals surface area contributed by atoms with Gasteiger partial charge >= 0.3 is 0 Å². The average Bonchev–Trinajstić information content (AvgIpc) is 2.56. The molecule has 0 saturated carbocycles. The van der Waals surface area contributed by atoms with Crippen molar-refractivity contribution in [3.8, 4) is 0 Å². The Bertz CT molecular complexity index is 561. The minimum Gasteiger partial charge on any atom is -0.309 e. The Morgan fingerprint density at radius 2 is 1.81 bits per heavy atom. The van der Waals surface area contributed by atoms with Crippen LogP contribution in [0.2, 0.25) is 0 Å². The molecule has 1 aliphatic rings. The van der Waals surface area contributed by atoms with E-state index in [4.69, 9.17) is 0 Å². The lowest BCUT2D eigenvalue weighted by molar-refractivity contribution is 0.402. The summed E-state index contributed by atoms with van der Waals surface area (Å²) in [6.45, 7) is 3.32. The van der Waals surface area contributed by atoms with E-state index in [9.17, 15) is 0 Å². The lowest BCUT2D eigenvalue weighted by Gasteiger charge is -2.33. The molecule has 2 unspecified atom stereocenters. The van der Waals surface area contributed by atoms with E-state index in [1.54, 1.807) is 11.1 Å². The van der Waals surface area contributed by atoms with Crippen molar-refractivity contribution in [2.45, 2.75) is 44.6 Å². The van der Waals surface area contributed by atoms with E-state index in [1.165, 1.54) is 31.2 Å². The molecule has 0 saturated heterocycles. The van der Waals surface area contributed by atoms with E-state index in [1.807, 2.05) is 0 Å². The quantitative estimate of drug-likeness (QED) is 0.825. The van der Waals surface area contributed by atoms with Crippen LogP contribution in [0.4, 0.5) is 0 Å². The minimum absolute atomic E-state index is 0.438. The van der Waals surface area contributed by atoms with Gasteiger partial charge in [-0.15, -0.1) is 0 Å². The molecule has 1 N–H and O–H groups in total. The SMILES string of the molecule is CCCNC(c1ccccc1)C1CCCc2ccccc21. The van der Waals surface area contributed by atoms with E-state index >= 15 is 0 Å². The molecular formula is C20H25N. The Morgan fingerprint density at radius 3 is 2.62 bits per heavy atom. The van der Waals surface area contributed by atoms with E-state index in [0.29, 0.717) is 12.0 Å². The zero-order valence-corrected chi connectivity index (χ0v) is 12.9. The van der Waals surface area contributed by atoms with Gasteiger partial charge in [0.15, 0.2) is 0 Å². The molecule has 1 nitrogen and oxygen atoms in total. The topological polar surface area (TPSA) is 12.0 Å². The summed E-state index contributed by atoms with van der Waals surface area (Å²) in [5.41, 5.74) is 4.53. The Hall–Kier alpha value is -1.60. The van der Waals surface area contributed by atoms with E-state index < -0.39 is 0 Å². The van der Waals surface area contributed by atoms with Gasteiger partial charge in [0.1, 0.15) is 0 Å². The second-order valence-electron chi connectivity index (χ2n) is 6.04. The summed E-state index contributed by atoms with van der Waals surface area (Å²) < 4.78 is 0. The third kappa shape index (κ3) is 3.19. The maximum absolute atomic E-state index is 3.80. The number of hydrogen-bond acceptors (Lipinski definition) is 1. The first-order valence-electron chi connectivity index (χ1n) is 8.26. The van der Waals surface area contributed by atoms with Crippen molar-refractivity contribution in [3.05, 3.63) is 71.3 Å². The largest absolute Gasteiger partial charge is 0.309 e. The van der Waals surface area contributed by atoms with Gasteiger partial charge in [-0.3, -0.25) is 0 Å². The number of aryl methyl sites for hydroxylation is 1. The highest BCUT2D eigenvalue weighted by Gasteiger charge is 2.28. The van der Waals surface area contributed by atoms with Crippen molar-refractivity contribution in [3.63, 3.8) is 0 Å². The molecule has 1 aliphatic carbocycles. The summed E-state index contributed by atoms with van der Waals surface area (Å²) in [7, 11) is 0. The van der Waals surface area contributed by atoms with Gasteiger partial charge in [0.25, 0.3) is 0 Å². The predicted octanol–water partition coefficient (Wildman–Crippen LogP) is 4.85. The third-order valence-electron chi connectivity index (χ3n) is 4.59. The molecule has 0 spiro atoms. The molecule has 0 fully saturated rings. The van der Waals surface area contributed by atoms with Crippen molar-refractivity contribution in [2.75, 3.05) is 6.54 Å². The van der Waals surface area contributed by atoms with Crippen molar-refractivity contribution < 1.29 is 0 Å². The maximum atomic E-state index is 3.80. The van der Waals surface area contributed by atoms with Crippen LogP contribution in [-0.4, -0.2) is 6.54 Å². The third-order valence-corrected chi connectivity index (χ3v) is 4.59. The molecule has 3 rings (SSSR count). The molecule has 2 aromatic carbocycles. The molecule has 0 heterocycles. The second-order valence-corrected chi connectivity index (χ2v) is 6.04. The number of hydrogen-bond donors (Lipinski definition) is 1. The summed E-state index contributed by atoms with van der Waals surface area (Å²) in [4.78, 5) is 0. The average molecular weight is 279 g/mol. The van der Waals surface area contributed by atoms with Gasteiger partial charge < -0.3 is 5.32 Å². The van der Waals surface area contributed by atoms with Crippen LogP contribution in [0.3, 0.4) is 0 Å². The lowest BCUT2D eigenvalue weighted by Crippen LogP contribution is -2.30. The van der Waals surface area contributed by atoms with Crippen molar-refractivity contribution in [1.82, 2.24) is 5.32 Å². The molecular weight excluding hydrogens is 254 g/mol. The number of benzene rings is 2. The first-order chi connectivity index (χ1) is 10.4. The van der Waals surface area contributed by atoms with Gasteiger partial charge in [-0.05, 0) is 48.9 Å². The molecule has 21 heavy (non-hydrogen) atoms. The van der Waals surface area contributed by atoms with Gasteiger partial charge in [0, 0.05) is 12.0 Å². The standard InChI is InChI=1S/C20H25N/c1-2-15-21-20(17-10-4-3-5-11-17)19-14-8-12-16-9-6-7-13-18(16)19/h3-7,9-11,13,19-21H,2,8,12,14-15H2,1H3. The molecule has 0 aromatic heterocycles. The van der Waals surface area contributed by atoms with Crippen molar-refractivity contribution in [2.24, 2.45) is 0 Å². The molecule has 0 amide bonds. The van der Waals surface area contributed by atoms with Crippen LogP contribution in [0, 0.1) is 0 Å². The van der Waals surface area contributed by atoms with Crippen LogP contribution in [0.15, 0.2) is 54.6 Å². The van der Waals surface area contributed by atoms with Gasteiger partial charge in [0.2, 0.25) is 0 Å². The van der Waals surface area contributed by atoms with Gasteiger partial charge in [-0.1, -0.05) is 61.5 Å². The summed E-state index contributed by atoms with van der Waals surface area (Å²) in [6.07, 6.45) is 5.01. The highest BCUT2D eigenvalue weighted by atomic mass is 14.9. The van der Waals surface area contributed by atoms with Crippen molar-refractivity contribution in [1.29, 1.82) is 0 Å². The molecule has 2 aromatic rings. The fourth-order valence-corrected chi connectivity index (χ4v) is 3.59. The van der Waals surface area contributed by atoms with Crippen LogP contribution < -0.4 is 5.32 Å². The second kappa shape index (κ2) is 6.91. The van der Waals surface area contributed by atoms with Crippen molar-refractivity contribution >= 4 is 0 Å². The number of rotatable bonds is 5. The molecule has 0 radical (unpaired) electrons. The highest BCUT2D eigenvalue weighted by Crippen LogP contribution is 2.40. The summed E-state index contributed by atoms with van der Waals surface area (Å²) in [5.74, 6) is 0.601. The van der Waals surface area contributed by atoms with Crippen LogP contribution in [0.25, 0.3) is 0 Å². The maximum Gasteiger partial charge on any atom is 0.0389 e. The van der Waals surface area contributed by atoms with Crippen LogP contribution >= 0.6 is 0 Å². The number of fused-ring (bicyclic) bond motifs is 1. The first-order valence-corrected chi connectivity index (χ1v) is 8.26. The zero-order chi connectivity index (χ0) is 14.5. The summed E-state index contributed by atoms with van der Waals surface area (Å²) >= 11 is 0. The molecule has 1 heteroatoms. The first kappa shape index (κ1) is 14.3.